The molecule has 0 atom stereocenters. The molecule has 6 rings (SSSR count). The molecule has 0 radical (unpaired) electrons. The Labute approximate surface area is 256 Å². The van der Waals surface area contributed by atoms with E-state index < -0.39 is 5.41 Å². The lowest BCUT2D eigenvalue weighted by Gasteiger charge is -2.36. The van der Waals surface area contributed by atoms with Crippen molar-refractivity contribution in [3.05, 3.63) is 82.8 Å². The fraction of sp³-hybridized carbons (Fsp3) is 0.412. The van der Waals surface area contributed by atoms with Crippen LogP contribution in [0.5, 0.6) is 0 Å². The largest absolute Gasteiger partial charge is 0.350 e. The number of amides is 2. The molecular formula is C34H38N6O2S. The van der Waals surface area contributed by atoms with Gasteiger partial charge in [0.15, 0.2) is 0 Å². The lowest BCUT2D eigenvalue weighted by molar-refractivity contribution is -0.127. The topological polar surface area (TPSA) is 103 Å². The van der Waals surface area contributed by atoms with Crippen LogP contribution in [0.1, 0.15) is 71.4 Å². The van der Waals surface area contributed by atoms with Crippen molar-refractivity contribution in [2.75, 3.05) is 31.5 Å². The van der Waals surface area contributed by atoms with Gasteiger partial charge in [-0.15, -0.1) is 11.3 Å². The van der Waals surface area contributed by atoms with Crippen LogP contribution < -0.4 is 10.6 Å². The highest BCUT2D eigenvalue weighted by Crippen LogP contribution is 2.41. The number of nitriles is 1. The lowest BCUT2D eigenvalue weighted by atomic mass is 9.70. The minimum Gasteiger partial charge on any atom is -0.350 e. The maximum Gasteiger partial charge on any atom is 0.261 e. The lowest BCUT2D eigenvalue weighted by Crippen LogP contribution is -2.40. The molecule has 1 saturated heterocycles. The molecule has 0 spiro atoms. The quantitative estimate of drug-likeness (QED) is 0.235. The van der Waals surface area contributed by atoms with E-state index >= 15 is 0 Å². The summed E-state index contributed by atoms with van der Waals surface area (Å²) >= 11 is 1.49. The number of imidazole rings is 1. The Morgan fingerprint density at radius 2 is 1.79 bits per heavy atom. The summed E-state index contributed by atoms with van der Waals surface area (Å²) in [6.07, 6.45) is 11.7. The fourth-order valence-electron chi connectivity index (χ4n) is 6.50. The van der Waals surface area contributed by atoms with Crippen molar-refractivity contribution in [3.8, 4) is 6.07 Å². The summed E-state index contributed by atoms with van der Waals surface area (Å²) in [6.45, 7) is 4.43. The number of carbonyl (C=O) groups excluding carboxylic acids is 2. The molecule has 9 heteroatoms. The zero-order valence-corrected chi connectivity index (χ0v) is 25.3. The number of aromatic nitrogens is 2. The van der Waals surface area contributed by atoms with Gasteiger partial charge >= 0.3 is 0 Å². The third kappa shape index (κ3) is 6.82. The number of nitrogens with one attached hydrogen (secondary N) is 2. The number of likely N-dealkylation sites (tertiary alicyclic amines) is 1. The molecule has 2 fully saturated rings. The molecule has 8 nitrogen and oxygen atoms in total. The van der Waals surface area contributed by atoms with Gasteiger partial charge in [0.05, 0.1) is 28.3 Å². The minimum atomic E-state index is -0.509. The van der Waals surface area contributed by atoms with Crippen LogP contribution in [0.15, 0.2) is 61.1 Å². The van der Waals surface area contributed by atoms with Crippen molar-refractivity contribution < 1.29 is 9.59 Å². The zero-order chi connectivity index (χ0) is 29.6. The van der Waals surface area contributed by atoms with E-state index in [2.05, 4.69) is 31.2 Å². The van der Waals surface area contributed by atoms with E-state index in [9.17, 15) is 9.59 Å². The summed E-state index contributed by atoms with van der Waals surface area (Å²) in [5, 5.41) is 16.4. The van der Waals surface area contributed by atoms with Crippen LogP contribution in [0.25, 0.3) is 10.1 Å². The molecule has 2 amide bonds. The third-order valence-corrected chi connectivity index (χ3v) is 10.1. The molecule has 1 aliphatic carbocycles. The number of hydrogen-bond acceptors (Lipinski definition) is 6. The second-order valence-corrected chi connectivity index (χ2v) is 13.0. The van der Waals surface area contributed by atoms with E-state index in [1.165, 1.54) is 24.2 Å². The van der Waals surface area contributed by atoms with Gasteiger partial charge in [0.1, 0.15) is 0 Å². The molecule has 2 aliphatic rings. The average molecular weight is 595 g/mol. The van der Waals surface area contributed by atoms with Crippen LogP contribution in [0.3, 0.4) is 0 Å². The van der Waals surface area contributed by atoms with Gasteiger partial charge in [-0.25, -0.2) is 4.98 Å². The summed E-state index contributed by atoms with van der Waals surface area (Å²) < 4.78 is 3.14. The Morgan fingerprint density at radius 1 is 1.00 bits per heavy atom. The van der Waals surface area contributed by atoms with Crippen LogP contribution in [0.4, 0.5) is 5.69 Å². The molecular weight excluding hydrogens is 556 g/mol. The van der Waals surface area contributed by atoms with E-state index in [-0.39, 0.29) is 11.8 Å². The van der Waals surface area contributed by atoms with Gasteiger partial charge in [-0.3, -0.25) is 9.59 Å². The number of fused-ring (bicyclic) bond motifs is 1. The predicted molar refractivity (Wildman–Crippen MR) is 170 cm³/mol. The molecule has 4 aromatic rings. The van der Waals surface area contributed by atoms with Crippen LogP contribution >= 0.6 is 11.3 Å². The predicted octanol–water partition coefficient (Wildman–Crippen LogP) is 5.98. The number of anilines is 1. The van der Waals surface area contributed by atoms with Gasteiger partial charge < -0.3 is 20.1 Å². The second kappa shape index (κ2) is 13.1. The first-order valence-corrected chi connectivity index (χ1v) is 16.2. The van der Waals surface area contributed by atoms with Crippen molar-refractivity contribution in [2.24, 2.45) is 5.41 Å². The summed E-state index contributed by atoms with van der Waals surface area (Å²) in [5.41, 5.74) is 3.01. The molecule has 1 aliphatic heterocycles. The van der Waals surface area contributed by atoms with E-state index in [4.69, 9.17) is 5.26 Å². The van der Waals surface area contributed by atoms with Crippen molar-refractivity contribution >= 4 is 38.9 Å². The maximum atomic E-state index is 14.0. The number of hydrogen-bond donors (Lipinski definition) is 2. The first kappa shape index (κ1) is 29.1. The molecule has 1 saturated carbocycles. The smallest absolute Gasteiger partial charge is 0.261 e. The van der Waals surface area contributed by atoms with Crippen LogP contribution in [-0.2, 0) is 17.8 Å². The van der Waals surface area contributed by atoms with Gasteiger partial charge in [0.25, 0.3) is 5.91 Å². The SMILES string of the molecule is N#Cc1ccc(Cn2cncc2CC2(C(=O)Nc3ccc4sc(C(=O)NCCN5CCCC5)cc4c3)CCCCC2)cc1. The molecule has 2 aromatic carbocycles. The normalized spacial score (nSPS) is 16.6. The molecule has 2 aromatic heterocycles. The number of carbonyl (C=O) groups is 2. The van der Waals surface area contributed by atoms with Gasteiger partial charge in [-0.2, -0.15) is 5.26 Å². The summed E-state index contributed by atoms with van der Waals surface area (Å²) in [6, 6.07) is 17.6. The van der Waals surface area contributed by atoms with Gasteiger partial charge in [0, 0.05) is 48.3 Å². The highest BCUT2D eigenvalue weighted by molar-refractivity contribution is 7.20. The van der Waals surface area contributed by atoms with Crippen molar-refractivity contribution in [1.82, 2.24) is 19.8 Å². The first-order chi connectivity index (χ1) is 21.0. The summed E-state index contributed by atoms with van der Waals surface area (Å²) in [4.78, 5) is 34.3. The monoisotopic (exact) mass is 594 g/mol. The van der Waals surface area contributed by atoms with Gasteiger partial charge in [-0.1, -0.05) is 31.4 Å². The Balaban J connectivity index is 1.13. The van der Waals surface area contributed by atoms with E-state index in [0.717, 1.165) is 78.8 Å². The van der Waals surface area contributed by atoms with Crippen LogP contribution in [0, 0.1) is 16.7 Å². The second-order valence-electron chi connectivity index (χ2n) is 12.0. The average Bonchev–Trinajstić information content (AvgIpc) is 3.80. The summed E-state index contributed by atoms with van der Waals surface area (Å²) in [5.74, 6) is 0.0116. The third-order valence-electron chi connectivity index (χ3n) is 8.96. The van der Waals surface area contributed by atoms with Crippen LogP contribution in [0.2, 0.25) is 0 Å². The molecule has 0 unspecified atom stereocenters. The first-order valence-electron chi connectivity index (χ1n) is 15.3. The Hall–Kier alpha value is -4.00. The number of rotatable bonds is 10. The molecule has 222 valence electrons. The number of nitrogens with zero attached hydrogens (tertiary/aromatic N) is 4. The Morgan fingerprint density at radius 3 is 2.56 bits per heavy atom. The van der Waals surface area contributed by atoms with E-state index in [0.29, 0.717) is 30.0 Å². The molecule has 2 N–H and O–H groups in total. The highest BCUT2D eigenvalue weighted by atomic mass is 32.1. The van der Waals surface area contributed by atoms with E-state index in [1.807, 2.05) is 61.1 Å². The Bertz CT molecular complexity index is 1620. The zero-order valence-electron chi connectivity index (χ0n) is 24.5. The minimum absolute atomic E-state index is 0.0373. The number of thiophene rings is 1. The Kier molecular flexibility index (Phi) is 8.87. The standard InChI is InChI=1S/C34H38N6O2S/c35-21-25-6-8-26(9-7-25)23-40-24-36-22-29(40)20-34(12-2-1-3-13-34)33(42)38-28-10-11-30-27(18-28)19-31(43-30)32(41)37-14-17-39-15-4-5-16-39/h6-11,18-19,22,24H,1-5,12-17,20,23H2,(H,37,41)(H,38,42). The molecule has 43 heavy (non-hydrogen) atoms. The van der Waals surface area contributed by atoms with Gasteiger partial charge in [-0.05, 0) is 86.1 Å². The highest BCUT2D eigenvalue weighted by Gasteiger charge is 2.40. The fourth-order valence-corrected chi connectivity index (χ4v) is 7.46. The van der Waals surface area contributed by atoms with Crippen molar-refractivity contribution in [1.29, 1.82) is 5.26 Å². The summed E-state index contributed by atoms with van der Waals surface area (Å²) in [7, 11) is 0. The molecule has 0 bridgehead atoms. The van der Waals surface area contributed by atoms with Crippen molar-refractivity contribution in [3.63, 3.8) is 0 Å². The van der Waals surface area contributed by atoms with Crippen molar-refractivity contribution in [2.45, 2.75) is 57.9 Å². The number of benzene rings is 2. The molecule has 3 heterocycles. The maximum absolute atomic E-state index is 14.0. The van der Waals surface area contributed by atoms with Crippen LogP contribution in [-0.4, -0.2) is 52.4 Å². The van der Waals surface area contributed by atoms with Gasteiger partial charge in [0.2, 0.25) is 5.91 Å². The van der Waals surface area contributed by atoms with E-state index in [1.54, 1.807) is 0 Å².